The third kappa shape index (κ3) is 3.53. The minimum absolute atomic E-state index is 0.0199. The molecule has 1 aliphatic rings. The van der Waals surface area contributed by atoms with E-state index in [1.54, 1.807) is 12.1 Å². The van der Waals surface area contributed by atoms with Gasteiger partial charge in [-0.15, -0.1) is 0 Å². The number of nitrogens with zero attached hydrogens (tertiary/aromatic N) is 1. The van der Waals surface area contributed by atoms with Gasteiger partial charge in [0, 0.05) is 5.92 Å². The Bertz CT molecular complexity index is 479. The van der Waals surface area contributed by atoms with Gasteiger partial charge in [-0.25, -0.2) is 9.78 Å². The first kappa shape index (κ1) is 13.5. The quantitative estimate of drug-likeness (QED) is 0.877. The molecule has 5 heteroatoms. The van der Waals surface area contributed by atoms with Gasteiger partial charge >= 0.3 is 5.97 Å². The van der Waals surface area contributed by atoms with Crippen LogP contribution in [-0.4, -0.2) is 22.0 Å². The van der Waals surface area contributed by atoms with Crippen molar-refractivity contribution in [2.75, 3.05) is 5.32 Å². The second-order valence-corrected chi connectivity index (χ2v) is 5.16. The molecular weight excluding hydrogens is 244 g/mol. The van der Waals surface area contributed by atoms with Crippen molar-refractivity contribution in [3.63, 3.8) is 0 Å². The smallest absolute Gasteiger partial charge is 0.354 e. The number of carbonyl (C=O) groups is 2. The Labute approximate surface area is 112 Å². The molecule has 0 aliphatic heterocycles. The molecular formula is C14H18N2O3. The normalized spacial score (nSPS) is 22.8. The van der Waals surface area contributed by atoms with Gasteiger partial charge in [-0.1, -0.05) is 13.0 Å². The third-order valence-electron chi connectivity index (χ3n) is 3.61. The van der Waals surface area contributed by atoms with Crippen molar-refractivity contribution >= 4 is 17.7 Å². The first-order valence-electron chi connectivity index (χ1n) is 6.57. The number of hydrogen-bond acceptors (Lipinski definition) is 3. The molecule has 0 saturated heterocycles. The number of aromatic nitrogens is 1. The molecule has 1 amide bonds. The first-order valence-corrected chi connectivity index (χ1v) is 6.57. The van der Waals surface area contributed by atoms with Crippen LogP contribution in [0.25, 0.3) is 0 Å². The van der Waals surface area contributed by atoms with Crippen LogP contribution in [0.3, 0.4) is 0 Å². The van der Waals surface area contributed by atoms with Crippen molar-refractivity contribution in [1.82, 2.24) is 4.98 Å². The lowest BCUT2D eigenvalue weighted by molar-refractivity contribution is -0.121. The van der Waals surface area contributed by atoms with Gasteiger partial charge in [0.05, 0.1) is 0 Å². The molecule has 1 fully saturated rings. The Morgan fingerprint density at radius 3 is 2.58 bits per heavy atom. The second kappa shape index (κ2) is 5.82. The minimum atomic E-state index is -1.09. The average molecular weight is 262 g/mol. The molecule has 1 saturated carbocycles. The molecule has 0 unspecified atom stereocenters. The number of rotatable bonds is 3. The van der Waals surface area contributed by atoms with E-state index in [0.717, 1.165) is 25.7 Å². The Kier molecular flexibility index (Phi) is 4.14. The average Bonchev–Trinajstić information content (AvgIpc) is 2.39. The van der Waals surface area contributed by atoms with Gasteiger partial charge < -0.3 is 10.4 Å². The molecule has 1 heterocycles. The monoisotopic (exact) mass is 262 g/mol. The van der Waals surface area contributed by atoms with E-state index >= 15 is 0 Å². The predicted molar refractivity (Wildman–Crippen MR) is 70.9 cm³/mol. The molecule has 2 N–H and O–H groups in total. The van der Waals surface area contributed by atoms with Crippen LogP contribution in [0.2, 0.25) is 0 Å². The van der Waals surface area contributed by atoms with Crippen LogP contribution < -0.4 is 5.32 Å². The number of pyridine rings is 1. The number of carboxylic acid groups (broad SMARTS) is 1. The van der Waals surface area contributed by atoms with Crippen LogP contribution in [0.4, 0.5) is 5.82 Å². The summed E-state index contributed by atoms with van der Waals surface area (Å²) in [4.78, 5) is 26.7. The van der Waals surface area contributed by atoms with E-state index in [-0.39, 0.29) is 17.5 Å². The number of carbonyl (C=O) groups excluding carboxylic acids is 1. The van der Waals surface area contributed by atoms with Crippen LogP contribution in [0, 0.1) is 11.8 Å². The van der Waals surface area contributed by atoms with Gasteiger partial charge in [0.25, 0.3) is 0 Å². The topological polar surface area (TPSA) is 79.3 Å². The Morgan fingerprint density at radius 2 is 1.95 bits per heavy atom. The van der Waals surface area contributed by atoms with Crippen molar-refractivity contribution in [2.24, 2.45) is 11.8 Å². The van der Waals surface area contributed by atoms with Gasteiger partial charge in [-0.2, -0.15) is 0 Å². The maximum atomic E-state index is 12.1. The number of amides is 1. The van der Waals surface area contributed by atoms with Crippen molar-refractivity contribution in [3.05, 3.63) is 23.9 Å². The number of carboxylic acids is 1. The van der Waals surface area contributed by atoms with Gasteiger partial charge in [-0.3, -0.25) is 4.79 Å². The van der Waals surface area contributed by atoms with Gasteiger partial charge in [-0.05, 0) is 43.7 Å². The lowest BCUT2D eigenvalue weighted by Gasteiger charge is -2.25. The largest absolute Gasteiger partial charge is 0.477 e. The number of hydrogen-bond donors (Lipinski definition) is 2. The lowest BCUT2D eigenvalue weighted by atomic mass is 9.82. The SMILES string of the molecule is CC1CCC(C(=O)Nc2cccc(C(=O)O)n2)CC1. The van der Waals surface area contributed by atoms with Crippen LogP contribution in [0.15, 0.2) is 18.2 Å². The fourth-order valence-corrected chi connectivity index (χ4v) is 2.37. The van der Waals surface area contributed by atoms with E-state index in [1.165, 1.54) is 6.07 Å². The summed E-state index contributed by atoms with van der Waals surface area (Å²) in [6, 6.07) is 4.59. The van der Waals surface area contributed by atoms with E-state index < -0.39 is 5.97 Å². The van der Waals surface area contributed by atoms with Crippen LogP contribution in [-0.2, 0) is 4.79 Å². The summed E-state index contributed by atoms with van der Waals surface area (Å²) >= 11 is 0. The summed E-state index contributed by atoms with van der Waals surface area (Å²) in [7, 11) is 0. The zero-order chi connectivity index (χ0) is 13.8. The van der Waals surface area contributed by atoms with E-state index in [1.807, 2.05) is 0 Å². The summed E-state index contributed by atoms with van der Waals surface area (Å²) in [5, 5.41) is 11.6. The summed E-state index contributed by atoms with van der Waals surface area (Å²) in [6.45, 7) is 2.20. The molecule has 1 aromatic rings. The predicted octanol–water partition coefficient (Wildman–Crippen LogP) is 2.54. The third-order valence-corrected chi connectivity index (χ3v) is 3.61. The molecule has 19 heavy (non-hydrogen) atoms. The maximum Gasteiger partial charge on any atom is 0.354 e. The maximum absolute atomic E-state index is 12.1. The molecule has 2 rings (SSSR count). The van der Waals surface area contributed by atoms with Crippen LogP contribution in [0.5, 0.6) is 0 Å². The number of aromatic carboxylic acids is 1. The molecule has 1 aromatic heterocycles. The summed E-state index contributed by atoms with van der Waals surface area (Å²) in [5.74, 6) is -0.128. The minimum Gasteiger partial charge on any atom is -0.477 e. The van der Waals surface area contributed by atoms with E-state index in [0.29, 0.717) is 11.7 Å². The summed E-state index contributed by atoms with van der Waals surface area (Å²) < 4.78 is 0. The molecule has 102 valence electrons. The van der Waals surface area contributed by atoms with Gasteiger partial charge in [0.2, 0.25) is 5.91 Å². The highest BCUT2D eigenvalue weighted by molar-refractivity contribution is 5.92. The molecule has 0 radical (unpaired) electrons. The van der Waals surface area contributed by atoms with Crippen molar-refractivity contribution in [1.29, 1.82) is 0 Å². The van der Waals surface area contributed by atoms with E-state index in [2.05, 4.69) is 17.2 Å². The fourth-order valence-electron chi connectivity index (χ4n) is 2.37. The highest BCUT2D eigenvalue weighted by atomic mass is 16.4. The Balaban J connectivity index is 1.98. The molecule has 0 aromatic carbocycles. The molecule has 0 atom stereocenters. The summed E-state index contributed by atoms with van der Waals surface area (Å²) in [5.41, 5.74) is -0.0601. The molecule has 0 spiro atoms. The Hall–Kier alpha value is -1.91. The van der Waals surface area contributed by atoms with Crippen LogP contribution >= 0.6 is 0 Å². The fraction of sp³-hybridized carbons (Fsp3) is 0.500. The second-order valence-electron chi connectivity index (χ2n) is 5.16. The number of anilines is 1. The van der Waals surface area contributed by atoms with E-state index in [4.69, 9.17) is 5.11 Å². The van der Waals surface area contributed by atoms with E-state index in [9.17, 15) is 9.59 Å². The summed E-state index contributed by atoms with van der Waals surface area (Å²) in [6.07, 6.45) is 3.93. The highest BCUT2D eigenvalue weighted by Crippen LogP contribution is 2.28. The molecule has 5 nitrogen and oxygen atoms in total. The zero-order valence-electron chi connectivity index (χ0n) is 10.9. The highest BCUT2D eigenvalue weighted by Gasteiger charge is 2.24. The van der Waals surface area contributed by atoms with Crippen molar-refractivity contribution in [3.8, 4) is 0 Å². The number of nitrogens with one attached hydrogen (secondary N) is 1. The zero-order valence-corrected chi connectivity index (χ0v) is 10.9. The molecule has 1 aliphatic carbocycles. The standard InChI is InChI=1S/C14H18N2O3/c1-9-5-7-10(8-6-9)13(17)16-12-4-2-3-11(15-12)14(18)19/h2-4,9-10H,5-8H2,1H3,(H,18,19)(H,15,16,17). The molecule has 0 bridgehead atoms. The first-order chi connectivity index (χ1) is 9.06. The Morgan fingerprint density at radius 1 is 1.26 bits per heavy atom. The van der Waals surface area contributed by atoms with Crippen molar-refractivity contribution in [2.45, 2.75) is 32.6 Å². The van der Waals surface area contributed by atoms with Crippen LogP contribution in [0.1, 0.15) is 43.1 Å². The van der Waals surface area contributed by atoms with Gasteiger partial charge in [0.1, 0.15) is 5.82 Å². The lowest BCUT2D eigenvalue weighted by Crippen LogP contribution is -2.27. The van der Waals surface area contributed by atoms with Gasteiger partial charge in [0.15, 0.2) is 5.69 Å². The van der Waals surface area contributed by atoms with Crippen molar-refractivity contribution < 1.29 is 14.7 Å².